The first-order chi connectivity index (χ1) is 12.6. The van der Waals surface area contributed by atoms with Gasteiger partial charge in [0.1, 0.15) is 6.54 Å². The number of benzene rings is 2. The molecule has 0 radical (unpaired) electrons. The van der Waals surface area contributed by atoms with Crippen LogP contribution in [-0.2, 0) is 24.1 Å². The third kappa shape index (κ3) is 3.23. The van der Waals surface area contributed by atoms with Crippen molar-refractivity contribution in [1.29, 1.82) is 0 Å². The number of urea groups is 1. The molecule has 4 rings (SSSR count). The summed E-state index contributed by atoms with van der Waals surface area (Å²) in [4.78, 5) is 28.5. The molecule has 4 nitrogen and oxygen atoms in total. The summed E-state index contributed by atoms with van der Waals surface area (Å²) in [5.41, 5.74) is 3.75. The van der Waals surface area contributed by atoms with Crippen LogP contribution in [0.15, 0.2) is 54.6 Å². The van der Waals surface area contributed by atoms with Crippen molar-refractivity contribution >= 4 is 24.6 Å². The van der Waals surface area contributed by atoms with Crippen molar-refractivity contribution < 1.29 is 9.59 Å². The predicted molar refractivity (Wildman–Crippen MR) is 104 cm³/mol. The number of carbonyl (C=O) groups excluding carboxylic acids is 2. The maximum atomic E-state index is 12.9. The number of hydrogen-bond acceptors (Lipinski definition) is 3. The Morgan fingerprint density at radius 3 is 2.23 bits per heavy atom. The molecule has 26 heavy (non-hydrogen) atoms. The van der Waals surface area contributed by atoms with E-state index < -0.39 is 0 Å². The minimum atomic E-state index is -0.385. The molecule has 134 valence electrons. The van der Waals surface area contributed by atoms with Crippen LogP contribution < -0.4 is 0 Å². The minimum Gasteiger partial charge on any atom is -0.311 e. The highest BCUT2D eigenvalue weighted by Crippen LogP contribution is 2.29. The molecule has 2 aromatic carbocycles. The lowest BCUT2D eigenvalue weighted by molar-refractivity contribution is -0.125. The molecule has 0 saturated carbocycles. The first-order valence-electron chi connectivity index (χ1n) is 9.05. The zero-order valence-electron chi connectivity index (χ0n) is 14.5. The Hall–Kier alpha value is -2.27. The fourth-order valence-corrected chi connectivity index (χ4v) is 4.30. The van der Waals surface area contributed by atoms with E-state index in [1.807, 2.05) is 30.3 Å². The largest absolute Gasteiger partial charge is 0.328 e. The molecule has 1 aliphatic carbocycles. The Morgan fingerprint density at radius 1 is 0.962 bits per heavy atom. The van der Waals surface area contributed by atoms with Crippen molar-refractivity contribution in [2.75, 3.05) is 6.54 Å². The molecule has 1 aliphatic heterocycles. The summed E-state index contributed by atoms with van der Waals surface area (Å²) in [6.07, 6.45) is 3.10. The number of amides is 3. The van der Waals surface area contributed by atoms with Crippen LogP contribution in [-0.4, -0.2) is 39.7 Å². The molecule has 0 bridgehead atoms. The number of nitrogens with zero attached hydrogens (tertiary/aromatic N) is 2. The Kier molecular flexibility index (Phi) is 4.72. The van der Waals surface area contributed by atoms with E-state index in [9.17, 15) is 9.59 Å². The van der Waals surface area contributed by atoms with Gasteiger partial charge in [0, 0.05) is 6.04 Å². The van der Waals surface area contributed by atoms with Gasteiger partial charge in [-0.25, -0.2) is 4.79 Å². The van der Waals surface area contributed by atoms with Crippen LogP contribution in [0.5, 0.6) is 0 Å². The van der Waals surface area contributed by atoms with Crippen LogP contribution in [0.1, 0.15) is 23.1 Å². The van der Waals surface area contributed by atoms with E-state index in [0.29, 0.717) is 6.42 Å². The number of fused-ring (bicyclic) bond motifs is 1. The second-order valence-corrected chi connectivity index (χ2v) is 7.61. The molecule has 2 aromatic rings. The third-order valence-corrected chi connectivity index (χ3v) is 5.82. The van der Waals surface area contributed by atoms with Crippen LogP contribution >= 0.6 is 12.6 Å². The third-order valence-electron chi connectivity index (χ3n) is 5.33. The van der Waals surface area contributed by atoms with Crippen LogP contribution in [0, 0.1) is 0 Å². The van der Waals surface area contributed by atoms with Crippen molar-refractivity contribution in [3.8, 4) is 0 Å². The highest BCUT2D eigenvalue weighted by atomic mass is 32.1. The van der Waals surface area contributed by atoms with E-state index in [4.69, 9.17) is 0 Å². The van der Waals surface area contributed by atoms with Crippen LogP contribution in [0.3, 0.4) is 0 Å². The zero-order valence-corrected chi connectivity index (χ0v) is 15.4. The fourth-order valence-electron chi connectivity index (χ4n) is 3.94. The van der Waals surface area contributed by atoms with Gasteiger partial charge in [0.25, 0.3) is 5.91 Å². The number of imide groups is 1. The second-order valence-electron chi connectivity index (χ2n) is 7.01. The number of aryl methyl sites for hydroxylation is 1. The fraction of sp³-hybridized carbons (Fsp3) is 0.333. The average Bonchev–Trinajstić information content (AvgIpc) is 3.21. The molecule has 1 atom stereocenters. The summed E-state index contributed by atoms with van der Waals surface area (Å²) in [6.45, 7) is 0.167. The maximum Gasteiger partial charge on any atom is 0.328 e. The molecule has 1 unspecified atom stereocenters. The normalized spacial score (nSPS) is 18.5. The molecule has 1 fully saturated rings. The first-order valence-corrected chi connectivity index (χ1v) is 9.56. The molecule has 1 heterocycles. The lowest BCUT2D eigenvalue weighted by atomic mass is 10.1. The van der Waals surface area contributed by atoms with Gasteiger partial charge in [-0.15, -0.1) is 0 Å². The Bertz CT molecular complexity index is 799. The Morgan fingerprint density at radius 2 is 1.58 bits per heavy atom. The van der Waals surface area contributed by atoms with E-state index in [1.54, 1.807) is 4.90 Å². The summed E-state index contributed by atoms with van der Waals surface area (Å²) >= 11 is 4.56. The molecule has 1 saturated heterocycles. The second kappa shape index (κ2) is 7.16. The summed E-state index contributed by atoms with van der Waals surface area (Å²) < 4.78 is 0. The molecule has 3 amide bonds. The van der Waals surface area contributed by atoms with E-state index in [1.165, 1.54) is 21.6 Å². The first kappa shape index (κ1) is 17.2. The van der Waals surface area contributed by atoms with Crippen molar-refractivity contribution in [1.82, 2.24) is 9.80 Å². The van der Waals surface area contributed by atoms with E-state index in [-0.39, 0.29) is 29.9 Å². The highest BCUT2D eigenvalue weighted by molar-refractivity contribution is 7.80. The number of carbonyl (C=O) groups is 2. The van der Waals surface area contributed by atoms with Crippen molar-refractivity contribution in [3.05, 3.63) is 71.3 Å². The van der Waals surface area contributed by atoms with Gasteiger partial charge in [0.05, 0.1) is 5.37 Å². The van der Waals surface area contributed by atoms with Gasteiger partial charge in [0.15, 0.2) is 0 Å². The Balaban J connectivity index is 1.41. The van der Waals surface area contributed by atoms with Gasteiger partial charge in [-0.3, -0.25) is 9.69 Å². The zero-order chi connectivity index (χ0) is 18.1. The van der Waals surface area contributed by atoms with Gasteiger partial charge >= 0.3 is 6.03 Å². The van der Waals surface area contributed by atoms with Crippen molar-refractivity contribution in [3.63, 3.8) is 0 Å². The molecule has 0 aromatic heterocycles. The number of thiol groups is 1. The maximum absolute atomic E-state index is 12.9. The monoisotopic (exact) mass is 366 g/mol. The molecule has 0 spiro atoms. The van der Waals surface area contributed by atoms with Crippen LogP contribution in [0.2, 0.25) is 0 Å². The van der Waals surface area contributed by atoms with E-state index in [2.05, 4.69) is 36.9 Å². The van der Waals surface area contributed by atoms with Gasteiger partial charge in [-0.1, -0.05) is 54.6 Å². The van der Waals surface area contributed by atoms with Crippen molar-refractivity contribution in [2.24, 2.45) is 0 Å². The number of hydrogen-bond donors (Lipinski definition) is 1. The highest BCUT2D eigenvalue weighted by Gasteiger charge is 2.43. The van der Waals surface area contributed by atoms with Crippen molar-refractivity contribution in [2.45, 2.75) is 37.1 Å². The molecule has 2 aliphatic rings. The lowest BCUT2D eigenvalue weighted by Crippen LogP contribution is -2.42. The van der Waals surface area contributed by atoms with Crippen LogP contribution in [0.4, 0.5) is 4.79 Å². The minimum absolute atomic E-state index is 0.0727. The summed E-state index contributed by atoms with van der Waals surface area (Å²) in [7, 11) is 0. The SMILES string of the molecule is O=C1CN(C2Cc3ccccc3C2)C(=O)N1C(S)CCc1ccccc1. The summed E-state index contributed by atoms with van der Waals surface area (Å²) in [5.74, 6) is -0.140. The summed E-state index contributed by atoms with van der Waals surface area (Å²) in [5, 5.41) is -0.385. The molecular formula is C21H22N2O2S. The predicted octanol–water partition coefficient (Wildman–Crippen LogP) is 3.31. The molecule has 0 N–H and O–H groups in total. The topological polar surface area (TPSA) is 40.6 Å². The van der Waals surface area contributed by atoms with Gasteiger partial charge in [0.2, 0.25) is 0 Å². The molecule has 5 heteroatoms. The summed E-state index contributed by atoms with van der Waals surface area (Å²) in [6, 6.07) is 18.2. The van der Waals surface area contributed by atoms with Crippen LogP contribution in [0.25, 0.3) is 0 Å². The standard InChI is InChI=1S/C21H22N2O2S/c24-19-14-22(18-12-16-8-4-5-9-17(16)13-18)21(25)23(19)20(26)11-10-15-6-2-1-3-7-15/h1-9,18,20,26H,10-14H2. The van der Waals surface area contributed by atoms with E-state index in [0.717, 1.165) is 19.3 Å². The van der Waals surface area contributed by atoms with E-state index >= 15 is 0 Å². The lowest BCUT2D eigenvalue weighted by Gasteiger charge is -2.25. The van der Waals surface area contributed by atoms with Gasteiger partial charge in [-0.2, -0.15) is 12.6 Å². The molecular weight excluding hydrogens is 344 g/mol. The average molecular weight is 366 g/mol. The Labute approximate surface area is 159 Å². The van der Waals surface area contributed by atoms with Gasteiger partial charge < -0.3 is 4.90 Å². The smallest absolute Gasteiger partial charge is 0.311 e. The number of rotatable bonds is 5. The van der Waals surface area contributed by atoms with Gasteiger partial charge in [-0.05, 0) is 42.4 Å². The quantitative estimate of drug-likeness (QED) is 0.651.